The second-order valence-electron chi connectivity index (χ2n) is 8.13. The molecular formula is C29H23N3O3S2. The van der Waals surface area contributed by atoms with E-state index in [4.69, 9.17) is 4.74 Å². The number of thiazole rings is 1. The molecule has 0 saturated heterocycles. The molecule has 1 heterocycles. The van der Waals surface area contributed by atoms with E-state index in [1.165, 1.54) is 23.1 Å². The van der Waals surface area contributed by atoms with Gasteiger partial charge in [-0.15, -0.1) is 11.3 Å². The number of nitrogens with zero attached hydrogens (tertiary/aromatic N) is 1. The number of fused-ring (bicyclic) bond motifs is 1. The minimum atomic E-state index is -0.160. The van der Waals surface area contributed by atoms with E-state index < -0.39 is 0 Å². The van der Waals surface area contributed by atoms with Gasteiger partial charge in [0.1, 0.15) is 11.5 Å². The number of ether oxygens (including phenoxy) is 1. The van der Waals surface area contributed by atoms with Gasteiger partial charge in [-0.1, -0.05) is 66.4 Å². The van der Waals surface area contributed by atoms with Crippen LogP contribution in [0, 0.1) is 0 Å². The van der Waals surface area contributed by atoms with Gasteiger partial charge in [0.05, 0.1) is 17.9 Å². The van der Waals surface area contributed by atoms with E-state index in [-0.39, 0.29) is 24.0 Å². The fraction of sp³-hybridized carbons (Fsp3) is 0.0690. The Balaban J connectivity index is 1.09. The molecule has 184 valence electrons. The number of para-hydroxylation sites is 1. The number of carbonyl (C=O) groups is 2. The normalized spacial score (nSPS) is 10.7. The predicted octanol–water partition coefficient (Wildman–Crippen LogP) is 7.00. The van der Waals surface area contributed by atoms with Crippen LogP contribution in [0.3, 0.4) is 0 Å². The molecule has 6 nitrogen and oxygen atoms in total. The Kier molecular flexibility index (Phi) is 7.78. The number of carbonyl (C=O) groups excluding carboxylic acids is 2. The summed E-state index contributed by atoms with van der Waals surface area (Å²) in [6, 6.07) is 30.5. The van der Waals surface area contributed by atoms with E-state index in [1.807, 2.05) is 90.3 Å². The molecule has 8 heteroatoms. The van der Waals surface area contributed by atoms with Crippen molar-refractivity contribution in [1.29, 1.82) is 0 Å². The van der Waals surface area contributed by atoms with Crippen LogP contribution < -0.4 is 15.4 Å². The molecule has 2 amide bonds. The van der Waals surface area contributed by atoms with Crippen LogP contribution >= 0.6 is 23.1 Å². The average Bonchev–Trinajstić information content (AvgIpc) is 3.36. The summed E-state index contributed by atoms with van der Waals surface area (Å²) in [5.41, 5.74) is 2.14. The number of aromatic nitrogens is 1. The van der Waals surface area contributed by atoms with Crippen LogP contribution in [0.2, 0.25) is 0 Å². The quantitative estimate of drug-likeness (QED) is 0.203. The number of benzene rings is 4. The van der Waals surface area contributed by atoms with E-state index in [2.05, 4.69) is 15.6 Å². The van der Waals surface area contributed by atoms with Crippen molar-refractivity contribution >= 4 is 57.1 Å². The highest BCUT2D eigenvalue weighted by Crippen LogP contribution is 2.26. The molecule has 37 heavy (non-hydrogen) atoms. The van der Waals surface area contributed by atoms with E-state index in [1.54, 1.807) is 12.1 Å². The van der Waals surface area contributed by atoms with Crippen LogP contribution in [-0.4, -0.2) is 22.6 Å². The first-order chi connectivity index (χ1) is 18.1. The van der Waals surface area contributed by atoms with Gasteiger partial charge in [-0.25, -0.2) is 4.98 Å². The third-order valence-electron chi connectivity index (χ3n) is 5.38. The molecule has 5 aromatic rings. The van der Waals surface area contributed by atoms with Gasteiger partial charge in [0.2, 0.25) is 11.8 Å². The Bertz CT molecular complexity index is 1510. The lowest BCUT2D eigenvalue weighted by Crippen LogP contribution is -2.15. The van der Waals surface area contributed by atoms with Crippen molar-refractivity contribution in [2.75, 3.05) is 16.4 Å². The Morgan fingerprint density at radius 2 is 1.51 bits per heavy atom. The largest absolute Gasteiger partial charge is 0.457 e. The molecule has 0 aliphatic heterocycles. The lowest BCUT2D eigenvalue weighted by atomic mass is 10.1. The zero-order valence-corrected chi connectivity index (χ0v) is 21.4. The fourth-order valence-corrected chi connectivity index (χ4v) is 5.33. The first-order valence-electron chi connectivity index (χ1n) is 11.6. The number of hydrogen-bond donors (Lipinski definition) is 2. The number of nitrogens with one attached hydrogen (secondary N) is 2. The standard InChI is InChI=1S/C29H23N3O3S2/c33-27(30-21-13-15-24(16-14-21)35-23-9-2-1-3-10-23)17-22-18-36-29(31-22)37-19-28(34)32-26-12-6-8-20-7-4-5-11-25(20)26/h1-16,18H,17,19H2,(H,30,33)(H,32,34). The predicted molar refractivity (Wildman–Crippen MR) is 151 cm³/mol. The number of amides is 2. The molecule has 1 aromatic heterocycles. The molecular weight excluding hydrogens is 502 g/mol. The molecule has 0 spiro atoms. The van der Waals surface area contributed by atoms with Crippen LogP contribution in [-0.2, 0) is 16.0 Å². The number of rotatable bonds is 9. The molecule has 0 radical (unpaired) electrons. The molecule has 0 saturated carbocycles. The topological polar surface area (TPSA) is 80.3 Å². The summed E-state index contributed by atoms with van der Waals surface area (Å²) >= 11 is 2.78. The number of hydrogen-bond acceptors (Lipinski definition) is 6. The summed E-state index contributed by atoms with van der Waals surface area (Å²) in [7, 11) is 0. The van der Waals surface area contributed by atoms with Crippen molar-refractivity contribution in [3.8, 4) is 11.5 Å². The van der Waals surface area contributed by atoms with Gasteiger partial charge < -0.3 is 15.4 Å². The summed E-state index contributed by atoms with van der Waals surface area (Å²) in [6.45, 7) is 0. The Morgan fingerprint density at radius 3 is 2.35 bits per heavy atom. The van der Waals surface area contributed by atoms with Gasteiger partial charge in [-0.3, -0.25) is 9.59 Å². The van der Waals surface area contributed by atoms with Gasteiger partial charge in [-0.05, 0) is 47.9 Å². The van der Waals surface area contributed by atoms with Crippen molar-refractivity contribution < 1.29 is 14.3 Å². The second kappa shape index (κ2) is 11.7. The first kappa shape index (κ1) is 24.5. The second-order valence-corrected chi connectivity index (χ2v) is 10.2. The van der Waals surface area contributed by atoms with E-state index >= 15 is 0 Å². The van der Waals surface area contributed by atoms with Gasteiger partial charge in [0.25, 0.3) is 0 Å². The van der Waals surface area contributed by atoms with Crippen LogP contribution in [0.1, 0.15) is 5.69 Å². The number of thioether (sulfide) groups is 1. The molecule has 0 aliphatic rings. The first-order valence-corrected chi connectivity index (χ1v) is 13.5. The third-order valence-corrected chi connectivity index (χ3v) is 7.45. The minimum absolute atomic E-state index is 0.101. The summed E-state index contributed by atoms with van der Waals surface area (Å²) in [5.74, 6) is 1.42. The summed E-state index contributed by atoms with van der Waals surface area (Å²) in [4.78, 5) is 29.5. The third kappa shape index (κ3) is 6.75. The Morgan fingerprint density at radius 1 is 0.784 bits per heavy atom. The maximum atomic E-state index is 12.5. The lowest BCUT2D eigenvalue weighted by molar-refractivity contribution is -0.116. The highest BCUT2D eigenvalue weighted by molar-refractivity contribution is 8.01. The van der Waals surface area contributed by atoms with Gasteiger partial charge >= 0.3 is 0 Å². The smallest absolute Gasteiger partial charge is 0.234 e. The van der Waals surface area contributed by atoms with E-state index in [0.717, 1.165) is 26.5 Å². The molecule has 4 aromatic carbocycles. The fourth-order valence-electron chi connectivity index (χ4n) is 3.68. The molecule has 0 atom stereocenters. The molecule has 0 aliphatic carbocycles. The Labute approximate surface area is 222 Å². The molecule has 5 rings (SSSR count). The zero-order valence-electron chi connectivity index (χ0n) is 19.7. The van der Waals surface area contributed by atoms with Crippen LogP contribution in [0.5, 0.6) is 11.5 Å². The van der Waals surface area contributed by atoms with Crippen LogP contribution in [0.4, 0.5) is 11.4 Å². The van der Waals surface area contributed by atoms with Crippen LogP contribution in [0.15, 0.2) is 107 Å². The van der Waals surface area contributed by atoms with Crippen molar-refractivity contribution in [3.63, 3.8) is 0 Å². The van der Waals surface area contributed by atoms with Crippen LogP contribution in [0.25, 0.3) is 10.8 Å². The molecule has 0 unspecified atom stereocenters. The maximum Gasteiger partial charge on any atom is 0.234 e. The highest BCUT2D eigenvalue weighted by atomic mass is 32.2. The zero-order chi connectivity index (χ0) is 25.5. The maximum absolute atomic E-state index is 12.5. The van der Waals surface area contributed by atoms with Crippen molar-refractivity contribution in [2.45, 2.75) is 10.8 Å². The van der Waals surface area contributed by atoms with Gasteiger partial charge in [0.15, 0.2) is 4.34 Å². The molecule has 0 fully saturated rings. The lowest BCUT2D eigenvalue weighted by Gasteiger charge is -2.08. The molecule has 2 N–H and O–H groups in total. The minimum Gasteiger partial charge on any atom is -0.457 e. The van der Waals surface area contributed by atoms with Crippen molar-refractivity contribution in [3.05, 3.63) is 108 Å². The monoisotopic (exact) mass is 525 g/mol. The number of anilines is 2. The van der Waals surface area contributed by atoms with E-state index in [0.29, 0.717) is 17.1 Å². The van der Waals surface area contributed by atoms with Crippen molar-refractivity contribution in [2.24, 2.45) is 0 Å². The van der Waals surface area contributed by atoms with Gasteiger partial charge in [0, 0.05) is 22.1 Å². The summed E-state index contributed by atoms with van der Waals surface area (Å²) in [6.07, 6.45) is 0.154. The van der Waals surface area contributed by atoms with Crippen molar-refractivity contribution in [1.82, 2.24) is 4.98 Å². The summed E-state index contributed by atoms with van der Waals surface area (Å²) in [5, 5.41) is 9.79. The molecule has 0 bridgehead atoms. The average molecular weight is 526 g/mol. The van der Waals surface area contributed by atoms with Gasteiger partial charge in [-0.2, -0.15) is 0 Å². The highest BCUT2D eigenvalue weighted by Gasteiger charge is 2.11. The SMILES string of the molecule is O=C(Cc1csc(SCC(=O)Nc2cccc3ccccc23)n1)Nc1ccc(Oc2ccccc2)cc1. The van der Waals surface area contributed by atoms with E-state index in [9.17, 15) is 9.59 Å². The summed E-state index contributed by atoms with van der Waals surface area (Å²) < 4.78 is 6.52. The Hall–Kier alpha value is -4.14.